The monoisotopic (exact) mass is 254 g/mol. The Kier molecular flexibility index (Phi) is 2.30. The van der Waals surface area contributed by atoms with E-state index in [0.29, 0.717) is 10.0 Å². The van der Waals surface area contributed by atoms with Gasteiger partial charge in [-0.25, -0.2) is 0 Å². The van der Waals surface area contributed by atoms with Gasteiger partial charge in [-0.3, -0.25) is 0 Å². The van der Waals surface area contributed by atoms with Crippen LogP contribution in [0.25, 0.3) is 11.3 Å². The average molecular weight is 255 g/mol. The molecule has 0 spiro atoms. The second kappa shape index (κ2) is 3.68. The van der Waals surface area contributed by atoms with E-state index >= 15 is 0 Å². The standard InChI is InChI=1S/C11H8Cl2N2O/c12-6-1-2-9(13)8(5-6)10-7-3-4-14-11(7)16-15-10/h1-2,5,14H,3-4H2. The molecule has 0 fully saturated rings. The fraction of sp³-hybridized carbons (Fsp3) is 0.182. The smallest absolute Gasteiger partial charge is 0.228 e. The largest absolute Gasteiger partial charge is 0.353 e. The first-order valence-electron chi connectivity index (χ1n) is 4.93. The van der Waals surface area contributed by atoms with Gasteiger partial charge in [-0.2, -0.15) is 0 Å². The molecule has 0 radical (unpaired) electrons. The van der Waals surface area contributed by atoms with Gasteiger partial charge < -0.3 is 9.84 Å². The van der Waals surface area contributed by atoms with Gasteiger partial charge in [0.15, 0.2) is 0 Å². The second-order valence-corrected chi connectivity index (χ2v) is 4.48. The number of halogens is 2. The molecule has 3 rings (SSSR count). The third kappa shape index (κ3) is 1.47. The van der Waals surface area contributed by atoms with Crippen molar-refractivity contribution in [3.63, 3.8) is 0 Å². The van der Waals surface area contributed by atoms with Crippen LogP contribution in [0.1, 0.15) is 5.56 Å². The molecule has 0 aliphatic carbocycles. The summed E-state index contributed by atoms with van der Waals surface area (Å²) in [6.45, 7) is 0.877. The van der Waals surface area contributed by atoms with Crippen LogP contribution < -0.4 is 5.32 Å². The molecule has 2 heterocycles. The van der Waals surface area contributed by atoms with Crippen LogP contribution in [0, 0.1) is 0 Å². The zero-order valence-electron chi connectivity index (χ0n) is 8.26. The number of hydrogen-bond acceptors (Lipinski definition) is 3. The Morgan fingerprint density at radius 1 is 1.31 bits per heavy atom. The number of anilines is 1. The first kappa shape index (κ1) is 10.00. The van der Waals surface area contributed by atoms with Crippen LogP contribution in [0.5, 0.6) is 0 Å². The molecule has 1 aromatic carbocycles. The number of nitrogens with one attached hydrogen (secondary N) is 1. The van der Waals surface area contributed by atoms with Gasteiger partial charge in [-0.05, 0) is 24.6 Å². The highest BCUT2D eigenvalue weighted by Crippen LogP contribution is 2.36. The predicted octanol–water partition coefficient (Wildman–Crippen LogP) is 3.62. The number of fused-ring (bicyclic) bond motifs is 1. The van der Waals surface area contributed by atoms with Crippen LogP contribution in [0.15, 0.2) is 22.7 Å². The van der Waals surface area contributed by atoms with E-state index in [-0.39, 0.29) is 0 Å². The van der Waals surface area contributed by atoms with Crippen LogP contribution in [0.3, 0.4) is 0 Å². The van der Waals surface area contributed by atoms with E-state index in [9.17, 15) is 0 Å². The van der Waals surface area contributed by atoms with E-state index in [4.69, 9.17) is 27.7 Å². The fourth-order valence-corrected chi connectivity index (χ4v) is 2.25. The molecule has 82 valence electrons. The fourth-order valence-electron chi connectivity index (χ4n) is 1.87. The summed E-state index contributed by atoms with van der Waals surface area (Å²) in [6.07, 6.45) is 0.900. The number of benzene rings is 1. The molecular weight excluding hydrogens is 247 g/mol. The van der Waals surface area contributed by atoms with Gasteiger partial charge in [-0.15, -0.1) is 0 Å². The Bertz CT molecular complexity index is 551. The first-order chi connectivity index (χ1) is 7.75. The molecule has 3 nitrogen and oxygen atoms in total. The minimum Gasteiger partial charge on any atom is -0.353 e. The van der Waals surface area contributed by atoms with Crippen molar-refractivity contribution in [3.8, 4) is 11.3 Å². The quantitative estimate of drug-likeness (QED) is 0.845. The van der Waals surface area contributed by atoms with Crippen LogP contribution in [-0.4, -0.2) is 11.7 Å². The maximum atomic E-state index is 6.13. The van der Waals surface area contributed by atoms with Crippen LogP contribution >= 0.6 is 23.2 Å². The lowest BCUT2D eigenvalue weighted by atomic mass is 10.1. The molecule has 0 saturated heterocycles. The van der Waals surface area contributed by atoms with E-state index in [0.717, 1.165) is 35.7 Å². The second-order valence-electron chi connectivity index (χ2n) is 3.64. The Hall–Kier alpha value is -1.19. The molecular formula is C11H8Cl2N2O. The van der Waals surface area contributed by atoms with Gasteiger partial charge in [0.25, 0.3) is 0 Å². The third-order valence-corrected chi connectivity index (χ3v) is 3.20. The number of nitrogens with zero attached hydrogens (tertiary/aromatic N) is 1. The highest BCUT2D eigenvalue weighted by atomic mass is 35.5. The lowest BCUT2D eigenvalue weighted by Crippen LogP contribution is -1.92. The molecule has 2 aromatic rings. The Morgan fingerprint density at radius 2 is 2.19 bits per heavy atom. The SMILES string of the molecule is Clc1ccc(Cl)c(-c2noc3c2CCN3)c1. The molecule has 5 heteroatoms. The summed E-state index contributed by atoms with van der Waals surface area (Å²) in [5.41, 5.74) is 2.68. The van der Waals surface area contributed by atoms with Gasteiger partial charge in [0.2, 0.25) is 5.88 Å². The molecule has 0 saturated carbocycles. The molecule has 16 heavy (non-hydrogen) atoms. The summed E-state index contributed by atoms with van der Waals surface area (Å²) in [4.78, 5) is 0. The molecule has 1 aromatic heterocycles. The van der Waals surface area contributed by atoms with Crippen molar-refractivity contribution >= 4 is 29.1 Å². The molecule has 1 aliphatic heterocycles. The molecule has 0 atom stereocenters. The zero-order chi connectivity index (χ0) is 11.1. The lowest BCUT2D eigenvalue weighted by Gasteiger charge is -2.02. The highest BCUT2D eigenvalue weighted by Gasteiger charge is 2.23. The van der Waals surface area contributed by atoms with E-state index in [1.165, 1.54) is 0 Å². The van der Waals surface area contributed by atoms with Crippen LogP contribution in [0.2, 0.25) is 10.0 Å². The van der Waals surface area contributed by atoms with Crippen molar-refractivity contribution < 1.29 is 4.52 Å². The average Bonchev–Trinajstić information content (AvgIpc) is 2.83. The number of rotatable bonds is 1. The topological polar surface area (TPSA) is 38.1 Å². The van der Waals surface area contributed by atoms with Crippen LogP contribution in [0.4, 0.5) is 5.88 Å². The predicted molar refractivity (Wildman–Crippen MR) is 64.2 cm³/mol. The lowest BCUT2D eigenvalue weighted by molar-refractivity contribution is 0.436. The summed E-state index contributed by atoms with van der Waals surface area (Å²) < 4.78 is 5.19. The van der Waals surface area contributed by atoms with Crippen molar-refractivity contribution in [2.75, 3.05) is 11.9 Å². The summed E-state index contributed by atoms with van der Waals surface area (Å²) in [5, 5.41) is 8.42. The Balaban J connectivity index is 2.18. The van der Waals surface area contributed by atoms with Crippen molar-refractivity contribution in [3.05, 3.63) is 33.8 Å². The summed E-state index contributed by atoms with van der Waals surface area (Å²) in [7, 11) is 0. The number of aromatic nitrogens is 1. The van der Waals surface area contributed by atoms with E-state index in [1.807, 2.05) is 0 Å². The van der Waals surface area contributed by atoms with Crippen molar-refractivity contribution in [2.45, 2.75) is 6.42 Å². The molecule has 0 unspecified atom stereocenters. The van der Waals surface area contributed by atoms with Crippen molar-refractivity contribution in [2.24, 2.45) is 0 Å². The van der Waals surface area contributed by atoms with Gasteiger partial charge in [0, 0.05) is 22.7 Å². The van der Waals surface area contributed by atoms with Gasteiger partial charge in [0.05, 0.1) is 5.02 Å². The van der Waals surface area contributed by atoms with E-state index in [1.54, 1.807) is 18.2 Å². The summed E-state index contributed by atoms with van der Waals surface area (Å²) in [5.74, 6) is 0.742. The molecule has 1 N–H and O–H groups in total. The Labute approximate surface area is 102 Å². The Morgan fingerprint density at radius 3 is 3.06 bits per heavy atom. The summed E-state index contributed by atoms with van der Waals surface area (Å²) in [6, 6.07) is 5.33. The minimum atomic E-state index is 0.632. The minimum absolute atomic E-state index is 0.632. The van der Waals surface area contributed by atoms with Crippen LogP contribution in [-0.2, 0) is 6.42 Å². The van der Waals surface area contributed by atoms with E-state index in [2.05, 4.69) is 10.5 Å². The third-order valence-electron chi connectivity index (χ3n) is 2.63. The van der Waals surface area contributed by atoms with Gasteiger partial charge >= 0.3 is 0 Å². The van der Waals surface area contributed by atoms with Gasteiger partial charge in [0.1, 0.15) is 5.69 Å². The zero-order valence-corrected chi connectivity index (χ0v) is 9.77. The van der Waals surface area contributed by atoms with Gasteiger partial charge in [-0.1, -0.05) is 28.4 Å². The molecule has 0 amide bonds. The molecule has 1 aliphatic rings. The van der Waals surface area contributed by atoms with Crippen molar-refractivity contribution in [1.82, 2.24) is 5.16 Å². The summed E-state index contributed by atoms with van der Waals surface area (Å²) >= 11 is 12.1. The number of hydrogen-bond donors (Lipinski definition) is 1. The highest BCUT2D eigenvalue weighted by molar-refractivity contribution is 6.35. The normalized spacial score (nSPS) is 13.6. The maximum absolute atomic E-state index is 6.13. The first-order valence-corrected chi connectivity index (χ1v) is 5.69. The van der Waals surface area contributed by atoms with E-state index < -0.39 is 0 Å². The van der Waals surface area contributed by atoms with Crippen molar-refractivity contribution in [1.29, 1.82) is 0 Å². The maximum Gasteiger partial charge on any atom is 0.228 e. The molecule has 0 bridgehead atoms.